The van der Waals surface area contributed by atoms with Crippen molar-refractivity contribution in [3.8, 4) is 5.75 Å². The summed E-state index contributed by atoms with van der Waals surface area (Å²) in [6.07, 6.45) is 0.743. The van der Waals surface area contributed by atoms with Crippen molar-refractivity contribution in [3.05, 3.63) is 78.0 Å². The first-order chi connectivity index (χ1) is 14.6. The van der Waals surface area contributed by atoms with Crippen molar-refractivity contribution in [1.82, 2.24) is 10.3 Å². The fraction of sp³-hybridized carbons (Fsp3) is 0.105. The normalized spacial score (nSPS) is 11.8. The molecule has 31 heavy (non-hydrogen) atoms. The van der Waals surface area contributed by atoms with E-state index in [1.54, 1.807) is 29.1 Å². The number of nitrogens with one attached hydrogen (secondary N) is 2. The number of rotatable bonds is 8. The second kappa shape index (κ2) is 8.88. The van der Waals surface area contributed by atoms with Gasteiger partial charge in [-0.1, -0.05) is 18.2 Å². The highest BCUT2D eigenvalue weighted by Gasteiger charge is 2.22. The minimum Gasteiger partial charge on any atom is -0.486 e. The van der Waals surface area contributed by atoms with Crippen molar-refractivity contribution >= 4 is 25.8 Å². The molecule has 0 fully saturated rings. The van der Waals surface area contributed by atoms with E-state index in [1.165, 1.54) is 12.1 Å². The predicted octanol–water partition coefficient (Wildman–Crippen LogP) is 2.02. The zero-order valence-electron chi connectivity index (χ0n) is 16.0. The number of ether oxygens (including phenoxy) is 1. The van der Waals surface area contributed by atoms with Crippen LogP contribution in [0.25, 0.3) is 0 Å². The minimum absolute atomic E-state index is 0.0485. The van der Waals surface area contributed by atoms with Crippen LogP contribution in [0.5, 0.6) is 5.75 Å². The van der Waals surface area contributed by atoms with Crippen LogP contribution in [-0.4, -0.2) is 29.0 Å². The summed E-state index contributed by atoms with van der Waals surface area (Å²) in [7, 11) is -8.38. The third kappa shape index (κ3) is 5.69. The smallest absolute Gasteiger partial charge is 0.301 e. The Kier molecular flexibility index (Phi) is 6.43. The third-order valence-corrected chi connectivity index (χ3v) is 6.28. The molecule has 0 spiro atoms. The van der Waals surface area contributed by atoms with Gasteiger partial charge in [0.2, 0.25) is 0 Å². The van der Waals surface area contributed by atoms with Crippen molar-refractivity contribution in [1.29, 1.82) is 0 Å². The monoisotopic (exact) mass is 468 g/mol. The van der Waals surface area contributed by atoms with Gasteiger partial charge in [0.25, 0.3) is 10.0 Å². The van der Waals surface area contributed by atoms with Crippen molar-refractivity contribution in [2.75, 3.05) is 6.26 Å². The van der Waals surface area contributed by atoms with Crippen LogP contribution in [0, 0.1) is 5.82 Å². The lowest BCUT2D eigenvalue weighted by Gasteiger charge is -2.09. The molecule has 9 nitrogen and oxygen atoms in total. The molecule has 2 aromatic carbocycles. The summed E-state index contributed by atoms with van der Waals surface area (Å²) in [6.45, 7) is 0.0485. The van der Waals surface area contributed by atoms with E-state index in [1.807, 2.05) is 11.5 Å². The van der Waals surface area contributed by atoms with Crippen LogP contribution >= 0.6 is 0 Å². The third-order valence-electron chi connectivity index (χ3n) is 3.92. The van der Waals surface area contributed by atoms with Gasteiger partial charge in [0.15, 0.2) is 15.6 Å². The first-order valence-electron chi connectivity index (χ1n) is 8.64. The summed E-state index contributed by atoms with van der Waals surface area (Å²) in [5, 5.41) is 0. The number of benzene rings is 2. The lowest BCUT2D eigenvalue weighted by atomic mass is 10.3. The van der Waals surface area contributed by atoms with Gasteiger partial charge in [-0.05, 0) is 42.5 Å². The van der Waals surface area contributed by atoms with E-state index in [9.17, 15) is 26.0 Å². The van der Waals surface area contributed by atoms with Crippen molar-refractivity contribution in [3.63, 3.8) is 0 Å². The molecule has 0 atom stereocenters. The van der Waals surface area contributed by atoms with Gasteiger partial charge < -0.3 is 9.15 Å². The second-order valence-corrected chi connectivity index (χ2v) is 9.96. The van der Waals surface area contributed by atoms with Crippen LogP contribution in [-0.2, 0) is 26.5 Å². The lowest BCUT2D eigenvalue weighted by Crippen LogP contribution is -2.41. The molecule has 0 aliphatic rings. The summed E-state index contributed by atoms with van der Waals surface area (Å²) < 4.78 is 72.3. The van der Waals surface area contributed by atoms with Gasteiger partial charge in [0, 0.05) is 6.26 Å². The number of hydrazine groups is 1. The number of carbonyl (C=O) groups excluding carboxylic acids is 1. The molecule has 3 aromatic rings. The second-order valence-electron chi connectivity index (χ2n) is 6.29. The molecule has 0 unspecified atom stereocenters. The number of para-hydroxylation sites is 1. The summed E-state index contributed by atoms with van der Waals surface area (Å²) in [6, 6.07) is 14.0. The highest BCUT2D eigenvalue weighted by atomic mass is 32.2. The van der Waals surface area contributed by atoms with Crippen LogP contribution in [0.3, 0.4) is 0 Å². The maximum Gasteiger partial charge on any atom is 0.301 e. The SMILES string of the molecule is CS(=O)(=O)c1cc(S(=O)(=O)NNC(=O)c2ccc(COc3ccccc3)o2)ccc1F. The Morgan fingerprint density at radius 2 is 1.74 bits per heavy atom. The summed E-state index contributed by atoms with van der Waals surface area (Å²) in [4.78, 5) is 12.6. The largest absolute Gasteiger partial charge is 0.486 e. The number of halogens is 1. The Labute approximate surface area is 177 Å². The lowest BCUT2D eigenvalue weighted by molar-refractivity contribution is 0.0913. The van der Waals surface area contributed by atoms with Crippen molar-refractivity contribution < 1.29 is 35.2 Å². The van der Waals surface area contributed by atoms with Crippen LogP contribution in [0.2, 0.25) is 0 Å². The van der Waals surface area contributed by atoms with E-state index >= 15 is 0 Å². The van der Waals surface area contributed by atoms with Gasteiger partial charge in [0.05, 0.1) is 4.90 Å². The van der Waals surface area contributed by atoms with Crippen LogP contribution in [0.1, 0.15) is 16.3 Å². The molecule has 0 saturated heterocycles. The van der Waals surface area contributed by atoms with Crippen LogP contribution in [0.4, 0.5) is 4.39 Å². The van der Waals surface area contributed by atoms with E-state index in [-0.39, 0.29) is 12.4 Å². The van der Waals surface area contributed by atoms with Gasteiger partial charge in [-0.15, -0.1) is 4.83 Å². The Balaban J connectivity index is 1.64. The zero-order chi connectivity index (χ0) is 22.6. The van der Waals surface area contributed by atoms with Gasteiger partial charge >= 0.3 is 5.91 Å². The van der Waals surface area contributed by atoms with Gasteiger partial charge in [-0.25, -0.2) is 21.2 Å². The van der Waals surface area contributed by atoms with E-state index in [2.05, 4.69) is 0 Å². The molecule has 2 N–H and O–H groups in total. The Bertz CT molecular complexity index is 1300. The molecule has 3 rings (SSSR count). The van der Waals surface area contributed by atoms with E-state index in [0.29, 0.717) is 23.6 Å². The van der Waals surface area contributed by atoms with Crippen LogP contribution < -0.4 is 15.0 Å². The number of furan rings is 1. The van der Waals surface area contributed by atoms with Crippen LogP contribution in [0.15, 0.2) is 74.9 Å². The molecule has 0 radical (unpaired) electrons. The summed E-state index contributed by atoms with van der Waals surface area (Å²) >= 11 is 0. The highest BCUT2D eigenvalue weighted by molar-refractivity contribution is 7.91. The predicted molar refractivity (Wildman–Crippen MR) is 107 cm³/mol. The molecule has 0 aliphatic carbocycles. The number of sulfonamides is 1. The molecule has 0 aliphatic heterocycles. The fourth-order valence-electron chi connectivity index (χ4n) is 2.42. The fourth-order valence-corrected chi connectivity index (χ4v) is 4.12. The first-order valence-corrected chi connectivity index (χ1v) is 12.0. The molecule has 1 amide bonds. The van der Waals surface area contributed by atoms with Crippen molar-refractivity contribution in [2.45, 2.75) is 16.4 Å². The Morgan fingerprint density at radius 3 is 2.42 bits per heavy atom. The molecule has 0 saturated carbocycles. The van der Waals surface area contributed by atoms with E-state index in [0.717, 1.165) is 12.3 Å². The molecule has 0 bridgehead atoms. The topological polar surface area (TPSA) is 132 Å². The maximum atomic E-state index is 13.7. The number of carbonyl (C=O) groups is 1. The summed E-state index contributed by atoms with van der Waals surface area (Å²) in [5.41, 5.74) is 1.94. The van der Waals surface area contributed by atoms with E-state index < -0.39 is 41.4 Å². The van der Waals surface area contributed by atoms with Gasteiger partial charge in [-0.3, -0.25) is 10.2 Å². The molecule has 1 heterocycles. The number of hydrogen-bond acceptors (Lipinski definition) is 7. The Hall–Kier alpha value is -3.22. The molecule has 164 valence electrons. The summed E-state index contributed by atoms with van der Waals surface area (Å²) in [5.74, 6) is -1.25. The average molecular weight is 468 g/mol. The highest BCUT2D eigenvalue weighted by Crippen LogP contribution is 2.19. The van der Waals surface area contributed by atoms with E-state index in [4.69, 9.17) is 9.15 Å². The molecule has 1 aromatic heterocycles. The Morgan fingerprint density at radius 1 is 1.03 bits per heavy atom. The molecular formula is C19H17FN2O7S2. The molecular weight excluding hydrogens is 451 g/mol. The standard InChI is InChI=1S/C19H17FN2O7S2/c1-30(24,25)18-11-15(8-9-16(18)20)31(26,27)22-21-19(23)17-10-7-14(29-17)12-28-13-5-3-2-4-6-13/h2-11,22H,12H2,1H3,(H,21,23). The molecule has 12 heteroatoms. The van der Waals surface area contributed by atoms with Crippen molar-refractivity contribution in [2.24, 2.45) is 0 Å². The minimum atomic E-state index is -4.38. The maximum absolute atomic E-state index is 13.7. The average Bonchev–Trinajstić information content (AvgIpc) is 3.20. The first kappa shape index (κ1) is 22.5. The van der Waals surface area contributed by atoms with Gasteiger partial charge in [0.1, 0.15) is 28.8 Å². The zero-order valence-corrected chi connectivity index (χ0v) is 17.7. The number of amides is 1. The number of sulfone groups is 1. The van der Waals surface area contributed by atoms with Gasteiger partial charge in [-0.2, -0.15) is 0 Å². The quantitative estimate of drug-likeness (QED) is 0.484. The number of hydrogen-bond donors (Lipinski definition) is 2.